The predicted octanol–water partition coefficient (Wildman–Crippen LogP) is -0.417. The summed E-state index contributed by atoms with van der Waals surface area (Å²) in [5.41, 5.74) is 0. The Bertz CT molecular complexity index is 466. The van der Waals surface area contributed by atoms with Gasteiger partial charge in [-0.25, -0.2) is 0 Å². The second kappa shape index (κ2) is 4.28. The molecule has 0 aromatic carbocycles. The first kappa shape index (κ1) is 12.3. The SMILES string of the molecule is O=C1C(N2CC(N3C(=O)CCC3=O)C2)CCN1C1CC1. The molecule has 0 spiro atoms. The summed E-state index contributed by atoms with van der Waals surface area (Å²) in [5, 5.41) is 0. The van der Waals surface area contributed by atoms with E-state index in [1.165, 1.54) is 4.90 Å². The molecule has 108 valence electrons. The third-order valence-electron chi connectivity index (χ3n) is 4.99. The lowest BCUT2D eigenvalue weighted by molar-refractivity contribution is -0.147. The highest BCUT2D eigenvalue weighted by atomic mass is 16.2. The van der Waals surface area contributed by atoms with Gasteiger partial charge in [0.2, 0.25) is 17.7 Å². The molecule has 20 heavy (non-hydrogen) atoms. The van der Waals surface area contributed by atoms with Crippen LogP contribution >= 0.6 is 0 Å². The number of likely N-dealkylation sites (tertiary alicyclic amines) is 3. The zero-order valence-electron chi connectivity index (χ0n) is 11.5. The van der Waals surface area contributed by atoms with Crippen molar-refractivity contribution in [2.24, 2.45) is 0 Å². The Morgan fingerprint density at radius 2 is 1.50 bits per heavy atom. The molecule has 0 N–H and O–H groups in total. The van der Waals surface area contributed by atoms with Gasteiger partial charge in [0.05, 0.1) is 12.1 Å². The molecule has 0 radical (unpaired) electrons. The zero-order valence-corrected chi connectivity index (χ0v) is 11.5. The van der Waals surface area contributed by atoms with Gasteiger partial charge >= 0.3 is 0 Å². The molecule has 0 aromatic rings. The lowest BCUT2D eigenvalue weighted by atomic mass is 10.0. The third-order valence-corrected chi connectivity index (χ3v) is 4.99. The van der Waals surface area contributed by atoms with E-state index in [0.29, 0.717) is 32.0 Å². The number of amides is 3. The van der Waals surface area contributed by atoms with Crippen LogP contribution in [0, 0.1) is 0 Å². The van der Waals surface area contributed by atoms with Crippen molar-refractivity contribution in [2.45, 2.75) is 50.2 Å². The molecule has 1 unspecified atom stereocenters. The average molecular weight is 277 g/mol. The number of nitrogens with zero attached hydrogens (tertiary/aromatic N) is 3. The number of carbonyl (C=O) groups is 3. The van der Waals surface area contributed by atoms with Crippen molar-refractivity contribution in [3.05, 3.63) is 0 Å². The monoisotopic (exact) mass is 277 g/mol. The Balaban J connectivity index is 1.36. The van der Waals surface area contributed by atoms with E-state index >= 15 is 0 Å². The van der Waals surface area contributed by atoms with Crippen LogP contribution in [0.4, 0.5) is 0 Å². The van der Waals surface area contributed by atoms with Crippen LogP contribution in [-0.4, -0.2) is 70.2 Å². The summed E-state index contributed by atoms with van der Waals surface area (Å²) in [6.45, 7) is 2.22. The first-order valence-electron chi connectivity index (χ1n) is 7.54. The predicted molar refractivity (Wildman–Crippen MR) is 69.6 cm³/mol. The molecule has 6 nitrogen and oxygen atoms in total. The van der Waals surface area contributed by atoms with Gasteiger partial charge in [0, 0.05) is 38.5 Å². The van der Waals surface area contributed by atoms with Crippen molar-refractivity contribution >= 4 is 17.7 Å². The quantitative estimate of drug-likeness (QED) is 0.658. The highest BCUT2D eigenvalue weighted by molar-refractivity contribution is 6.02. The van der Waals surface area contributed by atoms with Crippen LogP contribution in [0.15, 0.2) is 0 Å². The summed E-state index contributed by atoms with van der Waals surface area (Å²) >= 11 is 0. The van der Waals surface area contributed by atoms with Crippen LogP contribution in [0.1, 0.15) is 32.1 Å². The van der Waals surface area contributed by atoms with E-state index in [2.05, 4.69) is 4.90 Å². The highest BCUT2D eigenvalue weighted by Crippen LogP contribution is 2.34. The van der Waals surface area contributed by atoms with E-state index in [0.717, 1.165) is 25.8 Å². The molecule has 3 amide bonds. The first-order valence-corrected chi connectivity index (χ1v) is 7.54. The molecule has 6 heteroatoms. The van der Waals surface area contributed by atoms with Gasteiger partial charge in [0.15, 0.2) is 0 Å². The third kappa shape index (κ3) is 1.78. The van der Waals surface area contributed by atoms with Crippen molar-refractivity contribution in [3.63, 3.8) is 0 Å². The van der Waals surface area contributed by atoms with E-state index in [9.17, 15) is 14.4 Å². The number of hydrogen-bond acceptors (Lipinski definition) is 4. The van der Waals surface area contributed by atoms with Crippen LogP contribution in [0.3, 0.4) is 0 Å². The lowest BCUT2D eigenvalue weighted by Crippen LogP contribution is -2.64. The van der Waals surface area contributed by atoms with Gasteiger partial charge in [-0.3, -0.25) is 24.2 Å². The maximum atomic E-state index is 12.3. The van der Waals surface area contributed by atoms with Crippen molar-refractivity contribution < 1.29 is 14.4 Å². The van der Waals surface area contributed by atoms with Gasteiger partial charge in [-0.1, -0.05) is 0 Å². The van der Waals surface area contributed by atoms with Gasteiger partial charge in [-0.2, -0.15) is 0 Å². The Morgan fingerprint density at radius 1 is 0.850 bits per heavy atom. The van der Waals surface area contributed by atoms with E-state index in [1.54, 1.807) is 0 Å². The fraction of sp³-hybridized carbons (Fsp3) is 0.786. The van der Waals surface area contributed by atoms with Crippen LogP contribution in [0.25, 0.3) is 0 Å². The first-order chi connectivity index (χ1) is 9.65. The number of imide groups is 1. The molecular weight excluding hydrogens is 258 g/mol. The molecule has 3 heterocycles. The number of hydrogen-bond donors (Lipinski definition) is 0. The standard InChI is InChI=1S/C14H19N3O3/c18-12-3-4-13(19)17(12)10-7-15(8-10)11-5-6-16(14(11)20)9-1-2-9/h9-11H,1-8H2. The van der Waals surface area contributed by atoms with Crippen molar-refractivity contribution in [1.82, 2.24) is 14.7 Å². The van der Waals surface area contributed by atoms with Crippen molar-refractivity contribution in [2.75, 3.05) is 19.6 Å². The summed E-state index contributed by atoms with van der Waals surface area (Å²) < 4.78 is 0. The molecular formula is C14H19N3O3. The van der Waals surface area contributed by atoms with E-state index in [4.69, 9.17) is 0 Å². The van der Waals surface area contributed by atoms with E-state index in [-0.39, 0.29) is 29.8 Å². The minimum atomic E-state index is -0.0444. The summed E-state index contributed by atoms with van der Waals surface area (Å²) in [7, 11) is 0. The molecule has 4 aliphatic rings. The summed E-state index contributed by atoms with van der Waals surface area (Å²) in [6, 6.07) is 0.478. The minimum Gasteiger partial charge on any atom is -0.338 e. The molecule has 1 saturated carbocycles. The average Bonchev–Trinajstić information content (AvgIpc) is 3.08. The van der Waals surface area contributed by atoms with Gasteiger partial charge in [-0.15, -0.1) is 0 Å². The fourth-order valence-corrected chi connectivity index (χ4v) is 3.68. The maximum absolute atomic E-state index is 12.3. The second-order valence-electron chi connectivity index (χ2n) is 6.33. The van der Waals surface area contributed by atoms with Crippen molar-refractivity contribution in [3.8, 4) is 0 Å². The molecule has 4 rings (SSSR count). The Labute approximate surface area is 117 Å². The zero-order chi connectivity index (χ0) is 13.9. The summed E-state index contributed by atoms with van der Waals surface area (Å²) in [6.07, 6.45) is 3.90. The topological polar surface area (TPSA) is 60.9 Å². The van der Waals surface area contributed by atoms with E-state index < -0.39 is 0 Å². The van der Waals surface area contributed by atoms with Crippen molar-refractivity contribution in [1.29, 1.82) is 0 Å². The minimum absolute atomic E-state index is 0.000255. The Morgan fingerprint density at radius 3 is 2.10 bits per heavy atom. The highest BCUT2D eigenvalue weighted by Gasteiger charge is 2.48. The molecule has 0 aromatic heterocycles. The second-order valence-corrected chi connectivity index (χ2v) is 6.33. The molecule has 1 aliphatic carbocycles. The largest absolute Gasteiger partial charge is 0.338 e. The maximum Gasteiger partial charge on any atom is 0.240 e. The molecule has 3 saturated heterocycles. The van der Waals surface area contributed by atoms with Gasteiger partial charge in [-0.05, 0) is 19.3 Å². The van der Waals surface area contributed by atoms with Gasteiger partial charge < -0.3 is 4.90 Å². The van der Waals surface area contributed by atoms with E-state index in [1.807, 2.05) is 4.90 Å². The molecule has 3 aliphatic heterocycles. The lowest BCUT2D eigenvalue weighted by Gasteiger charge is -2.45. The summed E-state index contributed by atoms with van der Waals surface area (Å²) in [4.78, 5) is 41.2. The molecule has 4 fully saturated rings. The molecule has 1 atom stereocenters. The van der Waals surface area contributed by atoms with Gasteiger partial charge in [0.25, 0.3) is 0 Å². The summed E-state index contributed by atoms with van der Waals surface area (Å²) in [5.74, 6) is 0.166. The number of rotatable bonds is 3. The smallest absolute Gasteiger partial charge is 0.240 e. The normalized spacial score (nSPS) is 32.4. The fourth-order valence-electron chi connectivity index (χ4n) is 3.68. The van der Waals surface area contributed by atoms with Crippen LogP contribution < -0.4 is 0 Å². The number of carbonyl (C=O) groups excluding carboxylic acids is 3. The Kier molecular flexibility index (Phi) is 2.64. The molecule has 0 bridgehead atoms. The van der Waals surface area contributed by atoms with Crippen LogP contribution in [0.2, 0.25) is 0 Å². The van der Waals surface area contributed by atoms with Crippen LogP contribution in [-0.2, 0) is 14.4 Å². The van der Waals surface area contributed by atoms with Crippen LogP contribution in [0.5, 0.6) is 0 Å². The van der Waals surface area contributed by atoms with Gasteiger partial charge in [0.1, 0.15) is 0 Å². The Hall–Kier alpha value is -1.43.